The highest BCUT2D eigenvalue weighted by Crippen LogP contribution is 2.23. The van der Waals surface area contributed by atoms with E-state index in [-0.39, 0.29) is 6.42 Å². The molecular weight excluding hydrogens is 266 g/mol. The summed E-state index contributed by atoms with van der Waals surface area (Å²) >= 11 is 0. The molecule has 0 aromatic heterocycles. The molecular formula is C12H13F4NO2. The van der Waals surface area contributed by atoms with Crippen molar-refractivity contribution in [2.45, 2.75) is 24.8 Å². The Balaban J connectivity index is 2.65. The monoisotopic (exact) mass is 279 g/mol. The van der Waals surface area contributed by atoms with Gasteiger partial charge in [0.1, 0.15) is 0 Å². The summed E-state index contributed by atoms with van der Waals surface area (Å²) in [6.07, 6.45) is -4.01. The molecule has 0 aliphatic carbocycles. The van der Waals surface area contributed by atoms with Crippen molar-refractivity contribution in [3.05, 3.63) is 35.9 Å². The maximum Gasteiger partial charge on any atom is 0.383 e. The van der Waals surface area contributed by atoms with Gasteiger partial charge in [-0.3, -0.25) is 4.79 Å². The van der Waals surface area contributed by atoms with E-state index >= 15 is 0 Å². The van der Waals surface area contributed by atoms with E-state index in [0.29, 0.717) is 5.56 Å². The minimum atomic E-state index is -4.76. The fourth-order valence-corrected chi connectivity index (χ4v) is 1.44. The van der Waals surface area contributed by atoms with E-state index in [1.54, 1.807) is 35.6 Å². The van der Waals surface area contributed by atoms with Gasteiger partial charge in [-0.2, -0.15) is 8.78 Å². The molecule has 2 N–H and O–H groups in total. The van der Waals surface area contributed by atoms with Crippen LogP contribution in [0, 0.1) is 0 Å². The Morgan fingerprint density at radius 1 is 1.26 bits per heavy atom. The molecule has 0 radical (unpaired) electrons. The van der Waals surface area contributed by atoms with Crippen LogP contribution in [0.15, 0.2) is 30.3 Å². The Morgan fingerprint density at radius 2 is 1.84 bits per heavy atom. The molecule has 7 heteroatoms. The lowest BCUT2D eigenvalue weighted by molar-refractivity contribution is -0.170. The fraction of sp³-hybridized carbons (Fsp3) is 0.417. The number of aliphatic hydroxyl groups is 1. The average molecular weight is 279 g/mol. The van der Waals surface area contributed by atoms with E-state index in [2.05, 4.69) is 0 Å². The Hall–Kier alpha value is -1.63. The predicted molar refractivity (Wildman–Crippen MR) is 60.1 cm³/mol. The second-order valence-corrected chi connectivity index (χ2v) is 3.97. The minimum absolute atomic E-state index is 0.0718. The minimum Gasteiger partial charge on any atom is -0.394 e. The third-order valence-corrected chi connectivity index (χ3v) is 2.46. The molecule has 1 aromatic carbocycles. The van der Waals surface area contributed by atoms with Crippen molar-refractivity contribution in [3.8, 4) is 0 Å². The first kappa shape index (κ1) is 15.4. The normalized spacial score (nSPS) is 13.4. The van der Waals surface area contributed by atoms with Gasteiger partial charge in [-0.25, -0.2) is 8.78 Å². The van der Waals surface area contributed by atoms with Crippen LogP contribution < -0.4 is 5.32 Å². The standard InChI is InChI=1S/C12H13F4NO2/c13-10(14)12(15,16)11(19)17-9(7-18)6-8-4-2-1-3-5-8/h1-5,9-10,18H,6-7H2,(H,17,19)/t9-/m0/s1. The maximum atomic E-state index is 12.7. The molecule has 1 amide bonds. The third kappa shape index (κ3) is 4.20. The number of halogens is 4. The largest absolute Gasteiger partial charge is 0.394 e. The molecule has 0 saturated heterocycles. The molecule has 0 heterocycles. The van der Waals surface area contributed by atoms with Gasteiger partial charge in [-0.1, -0.05) is 30.3 Å². The first-order chi connectivity index (χ1) is 8.87. The molecule has 0 fully saturated rings. The van der Waals surface area contributed by atoms with Gasteiger partial charge in [-0.15, -0.1) is 0 Å². The first-order valence-electron chi connectivity index (χ1n) is 5.49. The molecule has 0 spiro atoms. The van der Waals surface area contributed by atoms with Crippen LogP contribution in [-0.4, -0.2) is 36.0 Å². The van der Waals surface area contributed by atoms with Gasteiger partial charge in [0, 0.05) is 0 Å². The van der Waals surface area contributed by atoms with E-state index in [0.717, 1.165) is 0 Å². The number of nitrogens with one attached hydrogen (secondary N) is 1. The van der Waals surface area contributed by atoms with Crippen LogP contribution in [0.1, 0.15) is 5.56 Å². The summed E-state index contributed by atoms with van der Waals surface area (Å²) < 4.78 is 49.4. The lowest BCUT2D eigenvalue weighted by atomic mass is 10.1. The van der Waals surface area contributed by atoms with Crippen molar-refractivity contribution in [1.29, 1.82) is 0 Å². The molecule has 1 aromatic rings. The Bertz CT molecular complexity index is 411. The van der Waals surface area contributed by atoms with Crippen LogP contribution in [0.25, 0.3) is 0 Å². The third-order valence-electron chi connectivity index (χ3n) is 2.46. The Labute approximate surface area is 107 Å². The molecule has 0 unspecified atom stereocenters. The highest BCUT2D eigenvalue weighted by molar-refractivity contribution is 5.84. The van der Waals surface area contributed by atoms with E-state index in [4.69, 9.17) is 5.11 Å². The second-order valence-electron chi connectivity index (χ2n) is 3.97. The summed E-state index contributed by atoms with van der Waals surface area (Å²) in [6, 6.07) is 7.42. The van der Waals surface area contributed by atoms with Crippen LogP contribution >= 0.6 is 0 Å². The van der Waals surface area contributed by atoms with Crippen molar-refractivity contribution in [1.82, 2.24) is 5.32 Å². The number of carbonyl (C=O) groups excluding carboxylic acids is 1. The van der Waals surface area contributed by atoms with Crippen LogP contribution in [-0.2, 0) is 11.2 Å². The van der Waals surface area contributed by atoms with Crippen LogP contribution in [0.5, 0.6) is 0 Å². The molecule has 0 aliphatic rings. The van der Waals surface area contributed by atoms with Crippen molar-refractivity contribution >= 4 is 5.91 Å². The van der Waals surface area contributed by atoms with Gasteiger partial charge in [0.2, 0.25) is 0 Å². The molecule has 106 valence electrons. The van der Waals surface area contributed by atoms with Crippen molar-refractivity contribution in [3.63, 3.8) is 0 Å². The second kappa shape index (κ2) is 6.51. The number of hydrogen-bond donors (Lipinski definition) is 2. The maximum absolute atomic E-state index is 12.7. The molecule has 3 nitrogen and oxygen atoms in total. The highest BCUT2D eigenvalue weighted by Gasteiger charge is 2.49. The van der Waals surface area contributed by atoms with Crippen LogP contribution in [0.3, 0.4) is 0 Å². The number of alkyl halides is 4. The van der Waals surface area contributed by atoms with Gasteiger partial charge in [-0.05, 0) is 12.0 Å². The lowest BCUT2D eigenvalue weighted by Crippen LogP contribution is -2.50. The number of hydrogen-bond acceptors (Lipinski definition) is 2. The average Bonchev–Trinajstić information content (AvgIpc) is 2.38. The zero-order valence-corrected chi connectivity index (χ0v) is 9.82. The first-order valence-corrected chi connectivity index (χ1v) is 5.49. The summed E-state index contributed by atoms with van der Waals surface area (Å²) in [7, 11) is 0. The molecule has 0 aliphatic heterocycles. The fourth-order valence-electron chi connectivity index (χ4n) is 1.44. The van der Waals surface area contributed by atoms with E-state index in [1.807, 2.05) is 0 Å². The van der Waals surface area contributed by atoms with Crippen LogP contribution in [0.2, 0.25) is 0 Å². The van der Waals surface area contributed by atoms with Gasteiger partial charge < -0.3 is 10.4 Å². The molecule has 1 atom stereocenters. The predicted octanol–water partition coefficient (Wildman–Crippen LogP) is 1.61. The highest BCUT2D eigenvalue weighted by atomic mass is 19.3. The number of benzene rings is 1. The van der Waals surface area contributed by atoms with Gasteiger partial charge in [0.05, 0.1) is 12.6 Å². The number of carbonyl (C=O) groups is 1. The van der Waals surface area contributed by atoms with Crippen molar-refractivity contribution < 1.29 is 27.5 Å². The lowest BCUT2D eigenvalue weighted by Gasteiger charge is -2.20. The number of amides is 1. The topological polar surface area (TPSA) is 49.3 Å². The van der Waals surface area contributed by atoms with E-state index < -0.39 is 30.9 Å². The zero-order valence-electron chi connectivity index (χ0n) is 9.82. The quantitative estimate of drug-likeness (QED) is 0.777. The summed E-state index contributed by atoms with van der Waals surface area (Å²) in [5.41, 5.74) is 0.683. The van der Waals surface area contributed by atoms with E-state index in [1.165, 1.54) is 0 Å². The molecule has 1 rings (SSSR count). The van der Waals surface area contributed by atoms with Crippen LogP contribution in [0.4, 0.5) is 17.6 Å². The van der Waals surface area contributed by atoms with E-state index in [9.17, 15) is 22.4 Å². The van der Waals surface area contributed by atoms with Gasteiger partial charge in [0.15, 0.2) is 0 Å². The SMILES string of the molecule is O=C(N[C@H](CO)Cc1ccccc1)C(F)(F)C(F)F. The number of aliphatic hydroxyl groups excluding tert-OH is 1. The number of rotatable bonds is 6. The zero-order chi connectivity index (χ0) is 14.5. The molecule has 0 saturated carbocycles. The van der Waals surface area contributed by atoms with Crippen molar-refractivity contribution in [2.75, 3.05) is 6.61 Å². The van der Waals surface area contributed by atoms with Crippen molar-refractivity contribution in [2.24, 2.45) is 0 Å². The summed E-state index contributed by atoms with van der Waals surface area (Å²) in [5, 5.41) is 10.7. The Kier molecular flexibility index (Phi) is 5.29. The Morgan fingerprint density at radius 3 is 2.32 bits per heavy atom. The summed E-state index contributed by atoms with van der Waals surface area (Å²) in [4.78, 5) is 11.0. The van der Waals surface area contributed by atoms with Gasteiger partial charge >= 0.3 is 12.3 Å². The van der Waals surface area contributed by atoms with Gasteiger partial charge in [0.25, 0.3) is 5.91 Å². The molecule has 0 bridgehead atoms. The molecule has 19 heavy (non-hydrogen) atoms. The summed E-state index contributed by atoms with van der Waals surface area (Å²) in [6.45, 7) is -0.625. The smallest absolute Gasteiger partial charge is 0.383 e. The summed E-state index contributed by atoms with van der Waals surface area (Å²) in [5.74, 6) is -6.85.